The summed E-state index contributed by atoms with van der Waals surface area (Å²) in [7, 11) is 2.21. The number of quaternary nitrogens is 1. The molecule has 1 aromatic heterocycles. The number of esters is 1. The maximum atomic E-state index is 12.5. The van der Waals surface area contributed by atoms with Gasteiger partial charge in [-0.15, -0.1) is 4.37 Å². The molecule has 1 aliphatic rings. The average Bonchev–Trinajstić information content (AvgIpc) is 3.22. The van der Waals surface area contributed by atoms with Gasteiger partial charge in [0.15, 0.2) is 0 Å². The molecule has 2 atom stereocenters. The number of aromatic nitrogens is 2. The number of carbonyl (C=O) groups is 1. The summed E-state index contributed by atoms with van der Waals surface area (Å²) in [5.41, 5.74) is 2.03. The van der Waals surface area contributed by atoms with Gasteiger partial charge >= 0.3 is 5.97 Å². The quantitative estimate of drug-likeness (QED) is 0.186. The number of nitrogens with zero attached hydrogens (tertiary/aromatic N) is 3. The van der Waals surface area contributed by atoms with Crippen molar-refractivity contribution in [2.24, 2.45) is 0 Å². The zero-order valence-corrected chi connectivity index (χ0v) is 20.8. The average molecular weight is 453 g/mol. The van der Waals surface area contributed by atoms with Gasteiger partial charge in [-0.1, -0.05) is 59.0 Å². The van der Waals surface area contributed by atoms with E-state index in [0.29, 0.717) is 23.4 Å². The van der Waals surface area contributed by atoms with Crippen LogP contribution in [-0.4, -0.2) is 52.2 Å². The first-order valence-electron chi connectivity index (χ1n) is 12.2. The van der Waals surface area contributed by atoms with Crippen molar-refractivity contribution < 1.29 is 18.8 Å². The fraction of sp³-hybridized carbons (Fsp3) is 0.792. The predicted octanol–water partition coefficient (Wildman–Crippen LogP) is 5.98. The second-order valence-corrected chi connectivity index (χ2v) is 9.43. The first kappa shape index (κ1) is 25.8. The Hall–Kier alpha value is -1.47. The maximum Gasteiger partial charge on any atom is 0.310 e. The van der Waals surface area contributed by atoms with Crippen molar-refractivity contribution >= 4 is 23.3 Å². The number of likely N-dealkylation sites (N-methyl/N-ethyl adjacent to an activating group) is 1. The molecule has 0 aliphatic carbocycles. The Labute approximate surface area is 192 Å². The zero-order valence-electron chi connectivity index (χ0n) is 20.0. The Kier molecular flexibility index (Phi) is 11.5. The van der Waals surface area contributed by atoms with Crippen LogP contribution < -0.4 is 4.74 Å². The third kappa shape index (κ3) is 8.19. The van der Waals surface area contributed by atoms with Gasteiger partial charge in [-0.05, 0) is 19.3 Å². The van der Waals surface area contributed by atoms with Crippen LogP contribution in [-0.2, 0) is 9.53 Å². The van der Waals surface area contributed by atoms with E-state index in [1.165, 1.54) is 31.0 Å². The molecule has 2 heterocycles. The molecule has 1 aromatic rings. The number of hydrogen-bond donors (Lipinski definition) is 0. The van der Waals surface area contributed by atoms with Crippen LogP contribution in [0.4, 0.5) is 0 Å². The molecule has 0 spiro atoms. The third-order valence-corrected chi connectivity index (χ3v) is 6.56. The van der Waals surface area contributed by atoms with E-state index in [-0.39, 0.29) is 12.2 Å². The summed E-state index contributed by atoms with van der Waals surface area (Å²) >= 11 is 1.21. The molecule has 31 heavy (non-hydrogen) atoms. The normalized spacial score (nSPS) is 19.7. The van der Waals surface area contributed by atoms with Gasteiger partial charge in [0.25, 0.3) is 5.88 Å². The molecule has 0 saturated carbocycles. The monoisotopic (exact) mass is 452 g/mol. The Morgan fingerprint density at radius 3 is 2.61 bits per heavy atom. The molecule has 6 nitrogen and oxygen atoms in total. The van der Waals surface area contributed by atoms with Crippen LogP contribution in [0, 0.1) is 0 Å². The van der Waals surface area contributed by atoms with Gasteiger partial charge in [0.2, 0.25) is 6.23 Å². The van der Waals surface area contributed by atoms with E-state index in [1.54, 1.807) is 0 Å². The van der Waals surface area contributed by atoms with Gasteiger partial charge in [0, 0.05) is 24.8 Å². The number of carbonyl (C=O) groups excluding carboxylic acids is 1. The lowest BCUT2D eigenvalue weighted by molar-refractivity contribution is -0.947. The van der Waals surface area contributed by atoms with Crippen molar-refractivity contribution in [3.63, 3.8) is 0 Å². The third-order valence-electron chi connectivity index (χ3n) is 6.04. The van der Waals surface area contributed by atoms with Crippen molar-refractivity contribution in [1.82, 2.24) is 8.75 Å². The van der Waals surface area contributed by atoms with Crippen molar-refractivity contribution in [2.45, 2.75) is 97.6 Å². The van der Waals surface area contributed by atoms with E-state index in [0.717, 1.165) is 69.3 Å². The highest BCUT2D eigenvalue weighted by Crippen LogP contribution is 2.32. The molecule has 1 aliphatic heterocycles. The minimum atomic E-state index is -0.118. The highest BCUT2D eigenvalue weighted by atomic mass is 32.1. The summed E-state index contributed by atoms with van der Waals surface area (Å²) < 4.78 is 21.7. The second kappa shape index (κ2) is 13.8. The molecular formula is C24H42N3O3S+. The van der Waals surface area contributed by atoms with Crippen LogP contribution in [0.1, 0.15) is 97.1 Å². The van der Waals surface area contributed by atoms with Crippen LogP contribution in [0.5, 0.6) is 5.88 Å². The number of ether oxygens (including phenoxy) is 2. The molecule has 2 unspecified atom stereocenters. The maximum absolute atomic E-state index is 12.5. The summed E-state index contributed by atoms with van der Waals surface area (Å²) in [5.74, 6) is 0.596. The predicted molar refractivity (Wildman–Crippen MR) is 127 cm³/mol. The van der Waals surface area contributed by atoms with E-state index in [2.05, 4.69) is 42.6 Å². The van der Waals surface area contributed by atoms with Crippen LogP contribution in [0.15, 0.2) is 6.08 Å². The molecule has 0 fully saturated rings. The first-order valence-corrected chi connectivity index (χ1v) is 13.0. The summed E-state index contributed by atoms with van der Waals surface area (Å²) in [6.07, 6.45) is 13.2. The van der Waals surface area contributed by atoms with Crippen LogP contribution in [0.25, 0.3) is 5.57 Å². The summed E-state index contributed by atoms with van der Waals surface area (Å²) in [5, 5.41) is 0. The molecule has 0 radical (unpaired) electrons. The summed E-state index contributed by atoms with van der Waals surface area (Å²) in [6.45, 7) is 8.94. The van der Waals surface area contributed by atoms with Crippen LogP contribution in [0.2, 0.25) is 0 Å². The van der Waals surface area contributed by atoms with Gasteiger partial charge in [0.05, 0.1) is 31.9 Å². The van der Waals surface area contributed by atoms with Gasteiger partial charge in [0.1, 0.15) is 12.2 Å². The van der Waals surface area contributed by atoms with Gasteiger partial charge in [-0.3, -0.25) is 9.28 Å². The molecule has 0 aromatic carbocycles. The second-order valence-electron chi connectivity index (χ2n) is 8.90. The van der Waals surface area contributed by atoms with E-state index < -0.39 is 0 Å². The summed E-state index contributed by atoms with van der Waals surface area (Å²) in [6, 6.07) is 0. The molecule has 176 valence electrons. The Morgan fingerprint density at radius 1 is 1.10 bits per heavy atom. The molecule has 0 bridgehead atoms. The van der Waals surface area contributed by atoms with E-state index in [1.807, 2.05) is 0 Å². The lowest BCUT2D eigenvalue weighted by Crippen LogP contribution is -2.56. The smallest absolute Gasteiger partial charge is 0.310 e. The van der Waals surface area contributed by atoms with Crippen molar-refractivity contribution in [3.05, 3.63) is 11.8 Å². The topological polar surface area (TPSA) is 61.3 Å². The van der Waals surface area contributed by atoms with Gasteiger partial charge in [-0.25, -0.2) is 0 Å². The molecular weight excluding hydrogens is 410 g/mol. The van der Waals surface area contributed by atoms with Gasteiger partial charge < -0.3 is 9.47 Å². The largest absolute Gasteiger partial charge is 0.475 e. The summed E-state index contributed by atoms with van der Waals surface area (Å²) in [4.78, 5) is 12.5. The molecule has 0 N–H and O–H groups in total. The zero-order chi connectivity index (χ0) is 22.5. The first-order chi connectivity index (χ1) is 15.0. The number of rotatable bonds is 15. The van der Waals surface area contributed by atoms with E-state index in [9.17, 15) is 4.79 Å². The van der Waals surface area contributed by atoms with Crippen LogP contribution in [0.3, 0.4) is 0 Å². The Balaban J connectivity index is 2.02. The number of unbranched alkanes of at least 4 members (excludes halogenated alkanes) is 5. The van der Waals surface area contributed by atoms with E-state index >= 15 is 0 Å². The minimum Gasteiger partial charge on any atom is -0.475 e. The lowest BCUT2D eigenvalue weighted by Gasteiger charge is -2.42. The van der Waals surface area contributed by atoms with E-state index in [4.69, 9.17) is 9.47 Å². The molecule has 2 rings (SSSR count). The van der Waals surface area contributed by atoms with Crippen molar-refractivity contribution in [3.8, 4) is 5.88 Å². The van der Waals surface area contributed by atoms with Crippen molar-refractivity contribution in [2.75, 3.05) is 26.7 Å². The fourth-order valence-electron chi connectivity index (χ4n) is 4.13. The van der Waals surface area contributed by atoms with Crippen molar-refractivity contribution in [1.29, 1.82) is 0 Å². The standard InChI is InChI=1S/C24H42N3O3S/c1-5-8-10-12-18-29-24-23(25-31-26-24)20-15-13-17-27(4,19-20)21(14-7-3)30-22(28)16-11-9-6-2/h15,21H,5-14,16-19H2,1-4H3/q+1. The highest BCUT2D eigenvalue weighted by Gasteiger charge is 2.38. The molecule has 7 heteroatoms. The van der Waals surface area contributed by atoms with Gasteiger partial charge in [-0.2, -0.15) is 4.37 Å². The highest BCUT2D eigenvalue weighted by molar-refractivity contribution is 6.99. The Bertz CT molecular complexity index is 691. The fourth-order valence-corrected chi connectivity index (χ4v) is 4.66. The minimum absolute atomic E-state index is 0.0613. The molecule has 0 amide bonds. The van der Waals surface area contributed by atoms with Crippen LogP contribution >= 0.6 is 11.7 Å². The number of hydrogen-bond acceptors (Lipinski definition) is 6. The SMILES string of the molecule is CCCCCCOc1nsnc1C1=CCC[N+](C)(C(CCC)OC(=O)CCCCC)C1. The lowest BCUT2D eigenvalue weighted by atomic mass is 10.0. The Morgan fingerprint density at radius 2 is 1.87 bits per heavy atom. The molecule has 0 saturated heterocycles.